The summed E-state index contributed by atoms with van der Waals surface area (Å²) < 4.78 is 0.956. The summed E-state index contributed by atoms with van der Waals surface area (Å²) in [5.74, 6) is 0.143. The molecule has 0 radical (unpaired) electrons. The van der Waals surface area contributed by atoms with Crippen LogP contribution in [0, 0.1) is 0 Å². The maximum atomic E-state index is 11.8. The fraction of sp³-hybridized carbons (Fsp3) is 0.417. The minimum Gasteiger partial charge on any atom is -0.397 e. The van der Waals surface area contributed by atoms with E-state index in [2.05, 4.69) is 15.9 Å². The van der Waals surface area contributed by atoms with Gasteiger partial charge in [-0.05, 0) is 24.6 Å². The molecule has 0 aliphatic carbocycles. The van der Waals surface area contributed by atoms with Gasteiger partial charge < -0.3 is 15.5 Å². The highest BCUT2D eigenvalue weighted by Crippen LogP contribution is 2.27. The van der Waals surface area contributed by atoms with Crippen LogP contribution in [-0.2, 0) is 4.79 Å². The van der Waals surface area contributed by atoms with E-state index in [1.165, 1.54) is 0 Å². The van der Waals surface area contributed by atoms with Crippen molar-refractivity contribution >= 4 is 33.2 Å². The molecule has 1 saturated heterocycles. The second-order valence-corrected chi connectivity index (χ2v) is 5.21. The first-order valence-corrected chi connectivity index (χ1v) is 6.41. The van der Waals surface area contributed by atoms with Gasteiger partial charge in [0.25, 0.3) is 0 Å². The van der Waals surface area contributed by atoms with Gasteiger partial charge in [-0.1, -0.05) is 15.9 Å². The van der Waals surface area contributed by atoms with Crippen molar-refractivity contribution in [1.29, 1.82) is 0 Å². The van der Waals surface area contributed by atoms with Gasteiger partial charge in [-0.3, -0.25) is 4.79 Å². The van der Waals surface area contributed by atoms with E-state index in [-0.39, 0.29) is 5.91 Å². The number of amides is 1. The molecule has 0 spiro atoms. The molecule has 1 aliphatic rings. The number of nitrogens with zero attached hydrogens (tertiary/aromatic N) is 2. The lowest BCUT2D eigenvalue weighted by Gasteiger charge is -2.23. The van der Waals surface area contributed by atoms with E-state index in [4.69, 9.17) is 5.73 Å². The average Bonchev–Trinajstić information content (AvgIpc) is 2.42. The SMILES string of the molecule is CN1CCCN(c2ccc(Br)cc2N)CC1=O. The summed E-state index contributed by atoms with van der Waals surface area (Å²) in [5, 5.41) is 0. The van der Waals surface area contributed by atoms with Gasteiger partial charge in [-0.25, -0.2) is 0 Å². The maximum absolute atomic E-state index is 11.8. The number of likely N-dealkylation sites (N-methyl/N-ethyl adjacent to an activating group) is 1. The van der Waals surface area contributed by atoms with Crippen LogP contribution in [0.25, 0.3) is 0 Å². The molecular weight excluding hydrogens is 282 g/mol. The molecule has 5 heteroatoms. The van der Waals surface area contributed by atoms with Crippen molar-refractivity contribution < 1.29 is 4.79 Å². The van der Waals surface area contributed by atoms with Crippen LogP contribution in [0.4, 0.5) is 11.4 Å². The predicted molar refractivity (Wildman–Crippen MR) is 73.0 cm³/mol. The topological polar surface area (TPSA) is 49.6 Å². The molecule has 0 saturated carbocycles. The average molecular weight is 298 g/mol. The van der Waals surface area contributed by atoms with E-state index in [1.54, 1.807) is 4.90 Å². The third-order valence-electron chi connectivity index (χ3n) is 3.00. The zero-order chi connectivity index (χ0) is 12.4. The molecule has 0 bridgehead atoms. The van der Waals surface area contributed by atoms with Crippen molar-refractivity contribution in [1.82, 2.24) is 4.90 Å². The highest BCUT2D eigenvalue weighted by Gasteiger charge is 2.20. The summed E-state index contributed by atoms with van der Waals surface area (Å²) in [6.07, 6.45) is 0.970. The molecule has 0 aromatic heterocycles. The van der Waals surface area contributed by atoms with Crippen LogP contribution in [0.1, 0.15) is 6.42 Å². The molecule has 0 unspecified atom stereocenters. The summed E-state index contributed by atoms with van der Waals surface area (Å²) in [7, 11) is 1.84. The van der Waals surface area contributed by atoms with E-state index in [1.807, 2.05) is 30.1 Å². The van der Waals surface area contributed by atoms with E-state index in [0.717, 1.165) is 29.7 Å². The van der Waals surface area contributed by atoms with Crippen LogP contribution in [-0.4, -0.2) is 37.5 Å². The van der Waals surface area contributed by atoms with Gasteiger partial charge in [-0.15, -0.1) is 0 Å². The highest BCUT2D eigenvalue weighted by atomic mass is 79.9. The lowest BCUT2D eigenvalue weighted by Crippen LogP contribution is -2.34. The van der Waals surface area contributed by atoms with Crippen LogP contribution >= 0.6 is 15.9 Å². The first kappa shape index (κ1) is 12.2. The van der Waals surface area contributed by atoms with E-state index in [0.29, 0.717) is 12.2 Å². The highest BCUT2D eigenvalue weighted by molar-refractivity contribution is 9.10. The van der Waals surface area contributed by atoms with Crippen molar-refractivity contribution in [2.45, 2.75) is 6.42 Å². The van der Waals surface area contributed by atoms with Crippen molar-refractivity contribution in [3.63, 3.8) is 0 Å². The molecule has 1 aromatic carbocycles. The first-order chi connectivity index (χ1) is 8.08. The molecular formula is C12H16BrN3O. The number of anilines is 2. The molecule has 92 valence electrons. The number of hydrogen-bond donors (Lipinski definition) is 1. The normalized spacial score (nSPS) is 17.2. The molecule has 1 heterocycles. The molecule has 2 rings (SSSR count). The summed E-state index contributed by atoms with van der Waals surface area (Å²) in [6.45, 7) is 2.08. The van der Waals surface area contributed by atoms with E-state index in [9.17, 15) is 4.79 Å². The smallest absolute Gasteiger partial charge is 0.241 e. The largest absolute Gasteiger partial charge is 0.397 e. The molecule has 17 heavy (non-hydrogen) atoms. The number of carbonyl (C=O) groups is 1. The molecule has 1 amide bonds. The third kappa shape index (κ3) is 2.72. The minimum atomic E-state index is 0.143. The van der Waals surface area contributed by atoms with Gasteiger partial charge in [0, 0.05) is 24.6 Å². The Bertz CT molecular complexity index is 436. The van der Waals surface area contributed by atoms with Gasteiger partial charge in [0.15, 0.2) is 0 Å². The van der Waals surface area contributed by atoms with E-state index >= 15 is 0 Å². The second-order valence-electron chi connectivity index (χ2n) is 4.29. The van der Waals surface area contributed by atoms with Crippen molar-refractivity contribution in [3.05, 3.63) is 22.7 Å². The Kier molecular flexibility index (Phi) is 3.57. The Labute approximate surface area is 110 Å². The lowest BCUT2D eigenvalue weighted by atomic mass is 10.2. The Morgan fingerprint density at radius 3 is 2.82 bits per heavy atom. The fourth-order valence-corrected chi connectivity index (χ4v) is 2.38. The van der Waals surface area contributed by atoms with E-state index < -0.39 is 0 Å². The van der Waals surface area contributed by atoms with Crippen LogP contribution < -0.4 is 10.6 Å². The quantitative estimate of drug-likeness (QED) is 0.803. The number of benzene rings is 1. The second kappa shape index (κ2) is 4.96. The summed E-state index contributed by atoms with van der Waals surface area (Å²) in [5.41, 5.74) is 7.63. The van der Waals surface area contributed by atoms with Crippen molar-refractivity contribution in [2.75, 3.05) is 37.3 Å². The zero-order valence-corrected chi connectivity index (χ0v) is 11.4. The van der Waals surface area contributed by atoms with Crippen LogP contribution in [0.2, 0.25) is 0 Å². The molecule has 1 aromatic rings. The van der Waals surface area contributed by atoms with Crippen LogP contribution in [0.5, 0.6) is 0 Å². The summed E-state index contributed by atoms with van der Waals surface area (Å²) >= 11 is 3.38. The van der Waals surface area contributed by atoms with Crippen LogP contribution in [0.15, 0.2) is 22.7 Å². The van der Waals surface area contributed by atoms with Crippen LogP contribution in [0.3, 0.4) is 0 Å². The predicted octanol–water partition coefficient (Wildman–Crippen LogP) is 1.70. The first-order valence-electron chi connectivity index (χ1n) is 5.62. The Balaban J connectivity index is 2.24. The minimum absolute atomic E-state index is 0.143. The number of carbonyl (C=O) groups excluding carboxylic acids is 1. The Morgan fingerprint density at radius 2 is 2.12 bits per heavy atom. The zero-order valence-electron chi connectivity index (χ0n) is 9.82. The van der Waals surface area contributed by atoms with Gasteiger partial charge in [0.1, 0.15) is 0 Å². The Hall–Kier alpha value is -1.23. The van der Waals surface area contributed by atoms with Crippen molar-refractivity contribution in [2.24, 2.45) is 0 Å². The molecule has 0 atom stereocenters. The molecule has 2 N–H and O–H groups in total. The van der Waals surface area contributed by atoms with Crippen molar-refractivity contribution in [3.8, 4) is 0 Å². The maximum Gasteiger partial charge on any atom is 0.241 e. The summed E-state index contributed by atoms with van der Waals surface area (Å²) in [4.78, 5) is 15.6. The van der Waals surface area contributed by atoms with Gasteiger partial charge >= 0.3 is 0 Å². The molecule has 4 nitrogen and oxygen atoms in total. The molecule has 1 aliphatic heterocycles. The monoisotopic (exact) mass is 297 g/mol. The standard InChI is InChI=1S/C12H16BrN3O/c1-15-5-2-6-16(8-12(15)17)11-4-3-9(13)7-10(11)14/h3-4,7H,2,5-6,8,14H2,1H3. The number of nitrogen functional groups attached to an aromatic ring is 1. The number of hydrogen-bond acceptors (Lipinski definition) is 3. The van der Waals surface area contributed by atoms with Gasteiger partial charge in [-0.2, -0.15) is 0 Å². The summed E-state index contributed by atoms with van der Waals surface area (Å²) in [6, 6.07) is 5.78. The van der Waals surface area contributed by atoms with Gasteiger partial charge in [0.2, 0.25) is 5.91 Å². The van der Waals surface area contributed by atoms with Gasteiger partial charge in [0.05, 0.1) is 17.9 Å². The number of halogens is 1. The number of nitrogens with two attached hydrogens (primary N) is 1. The lowest BCUT2D eigenvalue weighted by molar-refractivity contribution is -0.127. The number of rotatable bonds is 1. The Morgan fingerprint density at radius 1 is 1.35 bits per heavy atom. The fourth-order valence-electron chi connectivity index (χ4n) is 2.01. The molecule has 1 fully saturated rings. The third-order valence-corrected chi connectivity index (χ3v) is 3.50.